The Hall–Kier alpha value is -3.52. The predicted octanol–water partition coefficient (Wildman–Crippen LogP) is 4.73. The molecule has 8 heteroatoms. The number of halogens is 1. The first kappa shape index (κ1) is 20.7. The highest BCUT2D eigenvalue weighted by Crippen LogP contribution is 2.37. The first-order chi connectivity index (χ1) is 15.0. The minimum absolute atomic E-state index is 0.333. The van der Waals surface area contributed by atoms with Gasteiger partial charge >= 0.3 is 0 Å². The third-order valence-corrected chi connectivity index (χ3v) is 5.43. The van der Waals surface area contributed by atoms with Crippen molar-refractivity contribution >= 4 is 22.9 Å². The van der Waals surface area contributed by atoms with Gasteiger partial charge in [0.05, 0.1) is 18.7 Å². The molecule has 1 atom stereocenters. The molecule has 1 N–H and O–H groups in total. The van der Waals surface area contributed by atoms with Crippen LogP contribution in [0.15, 0.2) is 71.4 Å². The zero-order chi connectivity index (χ0) is 22.0. The van der Waals surface area contributed by atoms with Crippen LogP contribution in [0.4, 0.5) is 4.39 Å². The molecule has 2 aromatic carbocycles. The molecule has 1 unspecified atom stereocenters. The Bertz CT molecular complexity index is 1160. The highest BCUT2D eigenvalue weighted by Gasteiger charge is 2.33. The summed E-state index contributed by atoms with van der Waals surface area (Å²) in [4.78, 5) is 6.52. The van der Waals surface area contributed by atoms with Gasteiger partial charge in [0.2, 0.25) is 5.82 Å². The van der Waals surface area contributed by atoms with Crippen molar-refractivity contribution in [2.75, 3.05) is 13.7 Å². The number of ether oxygens (including phenoxy) is 1. The zero-order valence-corrected chi connectivity index (χ0v) is 17.9. The van der Waals surface area contributed by atoms with Gasteiger partial charge in [-0.15, -0.1) is 6.58 Å². The lowest BCUT2D eigenvalue weighted by molar-refractivity contribution is 0.399. The van der Waals surface area contributed by atoms with Crippen LogP contribution in [0.5, 0.6) is 5.75 Å². The fourth-order valence-corrected chi connectivity index (χ4v) is 3.86. The number of hydrogen-bond donors (Lipinski definition) is 1. The summed E-state index contributed by atoms with van der Waals surface area (Å²) < 4.78 is 24.8. The van der Waals surface area contributed by atoms with E-state index < -0.39 is 6.04 Å². The van der Waals surface area contributed by atoms with Gasteiger partial charge in [0.1, 0.15) is 11.6 Å². The lowest BCUT2D eigenvalue weighted by Crippen LogP contribution is -2.45. The second kappa shape index (κ2) is 8.69. The van der Waals surface area contributed by atoms with Gasteiger partial charge in [-0.05, 0) is 61.1 Å². The largest absolute Gasteiger partial charge is 0.497 e. The van der Waals surface area contributed by atoms with Crippen molar-refractivity contribution in [1.82, 2.24) is 20.4 Å². The number of rotatable bonds is 6. The second-order valence-electron chi connectivity index (χ2n) is 6.99. The van der Waals surface area contributed by atoms with Crippen LogP contribution >= 0.6 is 12.2 Å². The molecule has 0 aliphatic carbocycles. The molecule has 158 valence electrons. The predicted molar refractivity (Wildman–Crippen MR) is 121 cm³/mol. The summed E-state index contributed by atoms with van der Waals surface area (Å²) >= 11 is 5.55. The van der Waals surface area contributed by atoms with Crippen LogP contribution in [0.1, 0.15) is 24.4 Å². The van der Waals surface area contributed by atoms with E-state index in [1.54, 1.807) is 19.3 Å². The molecule has 0 spiro atoms. The minimum Gasteiger partial charge on any atom is -0.497 e. The van der Waals surface area contributed by atoms with E-state index >= 15 is 0 Å². The SMILES string of the molecule is C=CCN1C(=S)NC(c2cccc(F)c2)C(c2nc(-c3ccc(OC)cc3)no2)=C1C. The van der Waals surface area contributed by atoms with Crippen molar-refractivity contribution in [2.24, 2.45) is 0 Å². The molecule has 3 aromatic rings. The van der Waals surface area contributed by atoms with Crippen LogP contribution < -0.4 is 10.1 Å². The van der Waals surface area contributed by atoms with Crippen molar-refractivity contribution in [1.29, 1.82) is 0 Å². The number of allylic oxidation sites excluding steroid dienone is 1. The summed E-state index contributed by atoms with van der Waals surface area (Å²) in [5, 5.41) is 7.95. The third-order valence-electron chi connectivity index (χ3n) is 5.09. The molecule has 4 rings (SSSR count). The summed E-state index contributed by atoms with van der Waals surface area (Å²) in [5.74, 6) is 1.18. The monoisotopic (exact) mass is 436 g/mol. The fourth-order valence-electron chi connectivity index (χ4n) is 3.53. The third kappa shape index (κ3) is 4.06. The Labute approximate surface area is 185 Å². The summed E-state index contributed by atoms with van der Waals surface area (Å²) in [6.45, 7) is 6.24. The molecule has 0 radical (unpaired) electrons. The van der Waals surface area contributed by atoms with E-state index in [0.717, 1.165) is 22.6 Å². The second-order valence-corrected chi connectivity index (χ2v) is 7.37. The molecule has 0 bridgehead atoms. The smallest absolute Gasteiger partial charge is 0.258 e. The number of benzene rings is 2. The van der Waals surface area contributed by atoms with Crippen molar-refractivity contribution in [3.63, 3.8) is 0 Å². The van der Waals surface area contributed by atoms with Crippen LogP contribution in [0, 0.1) is 5.82 Å². The van der Waals surface area contributed by atoms with Crippen molar-refractivity contribution < 1.29 is 13.7 Å². The zero-order valence-electron chi connectivity index (χ0n) is 17.1. The van der Waals surface area contributed by atoms with E-state index in [4.69, 9.17) is 21.5 Å². The van der Waals surface area contributed by atoms with Crippen LogP contribution in [0.2, 0.25) is 0 Å². The van der Waals surface area contributed by atoms with Gasteiger partial charge in [0, 0.05) is 17.8 Å². The molecule has 6 nitrogen and oxygen atoms in total. The molecule has 0 fully saturated rings. The average molecular weight is 437 g/mol. The van der Waals surface area contributed by atoms with Crippen LogP contribution in [-0.4, -0.2) is 33.8 Å². The van der Waals surface area contributed by atoms with Gasteiger partial charge in [-0.3, -0.25) is 0 Å². The summed E-state index contributed by atoms with van der Waals surface area (Å²) in [6.07, 6.45) is 1.76. The Kier molecular flexibility index (Phi) is 5.81. The van der Waals surface area contributed by atoms with Gasteiger partial charge in [-0.25, -0.2) is 4.39 Å². The first-order valence-electron chi connectivity index (χ1n) is 9.65. The lowest BCUT2D eigenvalue weighted by atomic mass is 9.94. The molecule has 0 amide bonds. The molecule has 1 aliphatic heterocycles. The van der Waals surface area contributed by atoms with Crippen molar-refractivity contribution in [3.8, 4) is 17.1 Å². The van der Waals surface area contributed by atoms with Crippen molar-refractivity contribution in [2.45, 2.75) is 13.0 Å². The fraction of sp³-hybridized carbons (Fsp3) is 0.174. The quantitative estimate of drug-likeness (QED) is 0.443. The van der Waals surface area contributed by atoms with Crippen LogP contribution in [0.3, 0.4) is 0 Å². The molecule has 1 aliphatic rings. The topological polar surface area (TPSA) is 63.4 Å². The number of nitrogens with one attached hydrogen (secondary N) is 1. The van der Waals surface area contributed by atoms with E-state index in [1.165, 1.54) is 12.1 Å². The number of thiocarbonyl (C=S) groups is 1. The standard InChI is InChI=1S/C23H21FN4O2S/c1-4-12-28-14(2)19(20(25-23(28)31)16-6-5-7-17(24)13-16)22-26-21(27-30-22)15-8-10-18(29-3)11-9-15/h4-11,13,20H,1,12H2,2-3H3,(H,25,31). The van der Waals surface area contributed by atoms with E-state index in [-0.39, 0.29) is 5.82 Å². The summed E-state index contributed by atoms with van der Waals surface area (Å²) in [6, 6.07) is 13.3. The number of hydrogen-bond acceptors (Lipinski definition) is 5. The lowest BCUT2D eigenvalue weighted by Gasteiger charge is -2.36. The summed E-state index contributed by atoms with van der Waals surface area (Å²) in [7, 11) is 1.61. The Morgan fingerprint density at radius 3 is 2.74 bits per heavy atom. The maximum Gasteiger partial charge on any atom is 0.258 e. The van der Waals surface area contributed by atoms with Crippen LogP contribution in [-0.2, 0) is 0 Å². The van der Waals surface area contributed by atoms with E-state index in [0.29, 0.717) is 28.9 Å². The average Bonchev–Trinajstić information content (AvgIpc) is 3.26. The van der Waals surface area contributed by atoms with Gasteiger partial charge in [-0.1, -0.05) is 23.4 Å². The maximum absolute atomic E-state index is 14.0. The van der Waals surface area contributed by atoms with Crippen molar-refractivity contribution in [3.05, 3.63) is 84.2 Å². The highest BCUT2D eigenvalue weighted by atomic mass is 32.1. The van der Waals surface area contributed by atoms with Gasteiger partial charge in [0.25, 0.3) is 5.89 Å². The van der Waals surface area contributed by atoms with Gasteiger partial charge in [0.15, 0.2) is 5.11 Å². The van der Waals surface area contributed by atoms with Gasteiger partial charge < -0.3 is 19.5 Å². The molecule has 0 saturated carbocycles. The van der Waals surface area contributed by atoms with E-state index in [2.05, 4.69) is 22.0 Å². The maximum atomic E-state index is 14.0. The molecule has 31 heavy (non-hydrogen) atoms. The summed E-state index contributed by atoms with van der Waals surface area (Å²) in [5.41, 5.74) is 3.06. The first-order valence-corrected chi connectivity index (χ1v) is 10.1. The van der Waals surface area contributed by atoms with Crippen LogP contribution in [0.25, 0.3) is 17.0 Å². The molecule has 0 saturated heterocycles. The Balaban J connectivity index is 1.80. The highest BCUT2D eigenvalue weighted by molar-refractivity contribution is 7.80. The number of methoxy groups -OCH3 is 1. The number of aromatic nitrogens is 2. The minimum atomic E-state index is -0.437. The van der Waals surface area contributed by atoms with E-state index in [9.17, 15) is 4.39 Å². The molecule has 1 aromatic heterocycles. The van der Waals surface area contributed by atoms with E-state index in [1.807, 2.05) is 42.2 Å². The normalized spacial score (nSPS) is 16.3. The Morgan fingerprint density at radius 2 is 2.06 bits per heavy atom. The Morgan fingerprint density at radius 1 is 1.29 bits per heavy atom. The molecular weight excluding hydrogens is 415 g/mol. The molecular formula is C23H21FN4O2S. The number of nitrogens with zero attached hydrogens (tertiary/aromatic N) is 3. The van der Waals surface area contributed by atoms with Gasteiger partial charge in [-0.2, -0.15) is 4.98 Å². The molecule has 2 heterocycles.